The molecule has 2 aromatic rings. The molecule has 0 fully saturated rings. The predicted octanol–water partition coefficient (Wildman–Crippen LogP) is 2.17. The lowest BCUT2D eigenvalue weighted by Crippen LogP contribution is -2.27. The number of ether oxygens (including phenoxy) is 2. The molecule has 0 aliphatic carbocycles. The Morgan fingerprint density at radius 1 is 1.24 bits per heavy atom. The molecule has 0 N–H and O–H groups in total. The molecule has 0 saturated carbocycles. The van der Waals surface area contributed by atoms with Crippen LogP contribution >= 0.6 is 0 Å². The summed E-state index contributed by atoms with van der Waals surface area (Å²) in [6.07, 6.45) is 11.1. The molecule has 21 heavy (non-hydrogen) atoms. The summed E-state index contributed by atoms with van der Waals surface area (Å²) in [6.45, 7) is 1.03. The predicted molar refractivity (Wildman–Crippen MR) is 77.0 cm³/mol. The van der Waals surface area contributed by atoms with E-state index in [1.54, 1.807) is 18.7 Å². The van der Waals surface area contributed by atoms with E-state index in [1.165, 1.54) is 0 Å². The topological polar surface area (TPSA) is 51.9 Å². The van der Waals surface area contributed by atoms with Crippen molar-refractivity contribution < 1.29 is 9.47 Å². The lowest BCUT2D eigenvalue weighted by Gasteiger charge is -2.30. The van der Waals surface area contributed by atoms with E-state index in [9.17, 15) is 0 Å². The number of fused-ring (bicyclic) bond motifs is 1. The van der Waals surface area contributed by atoms with Crippen molar-refractivity contribution in [2.24, 2.45) is 4.99 Å². The highest BCUT2D eigenvalue weighted by atomic mass is 16.7. The molecule has 0 amide bonds. The molecule has 4 rings (SSSR count). The summed E-state index contributed by atoms with van der Waals surface area (Å²) < 4.78 is 12.7. The quantitative estimate of drug-likeness (QED) is 0.865. The summed E-state index contributed by atoms with van der Waals surface area (Å²) in [5.74, 6) is 1.60. The Bertz CT molecular complexity index is 694. The molecule has 1 aromatic carbocycles. The molecular weight excluding hydrogens is 268 g/mol. The molecule has 0 saturated heterocycles. The van der Waals surface area contributed by atoms with E-state index in [4.69, 9.17) is 9.47 Å². The molecule has 2 aliphatic heterocycles. The standard InChI is InChI=1S/C15H14N4O2/c1-4-17-15(19-7-5-16-10-19)18(6-1)9-12-2-3-13-14(8-12)21-11-20-13/h1-8,10,15H,9,11H2. The maximum Gasteiger partial charge on any atom is 0.231 e. The number of aromatic nitrogens is 2. The van der Waals surface area contributed by atoms with Crippen molar-refractivity contribution >= 4 is 6.21 Å². The first-order chi connectivity index (χ1) is 10.4. The molecule has 106 valence electrons. The molecule has 6 nitrogen and oxygen atoms in total. The Morgan fingerprint density at radius 3 is 3.10 bits per heavy atom. The number of hydrogen-bond acceptors (Lipinski definition) is 5. The third-order valence-corrected chi connectivity index (χ3v) is 3.47. The minimum absolute atomic E-state index is 0.108. The fourth-order valence-electron chi connectivity index (χ4n) is 2.48. The molecule has 1 unspecified atom stereocenters. The van der Waals surface area contributed by atoms with Crippen molar-refractivity contribution in [2.45, 2.75) is 12.8 Å². The number of allylic oxidation sites excluding steroid dienone is 1. The van der Waals surface area contributed by atoms with E-state index >= 15 is 0 Å². The highest BCUT2D eigenvalue weighted by Gasteiger charge is 2.19. The van der Waals surface area contributed by atoms with Gasteiger partial charge in [0.15, 0.2) is 11.5 Å². The largest absolute Gasteiger partial charge is 0.454 e. The molecule has 0 spiro atoms. The molecular formula is C15H14N4O2. The normalized spacial score (nSPS) is 19.2. The van der Waals surface area contributed by atoms with Crippen LogP contribution in [0.4, 0.5) is 0 Å². The number of aliphatic imine (C=N–C) groups is 1. The SMILES string of the molecule is C1=CN(Cc2ccc3c(c2)OCO3)C(n2ccnc2)N=C1. The average Bonchev–Trinajstić information content (AvgIpc) is 3.19. The first kappa shape index (κ1) is 12.0. The number of hydrogen-bond donors (Lipinski definition) is 0. The number of imidazole rings is 1. The van der Waals surface area contributed by atoms with E-state index in [1.807, 2.05) is 41.2 Å². The maximum absolute atomic E-state index is 5.42. The average molecular weight is 282 g/mol. The van der Waals surface area contributed by atoms with Crippen molar-refractivity contribution in [1.82, 2.24) is 14.5 Å². The van der Waals surface area contributed by atoms with Gasteiger partial charge in [-0.05, 0) is 23.8 Å². The first-order valence-corrected chi connectivity index (χ1v) is 6.72. The van der Waals surface area contributed by atoms with Crippen molar-refractivity contribution in [3.63, 3.8) is 0 Å². The monoisotopic (exact) mass is 282 g/mol. The summed E-state index contributed by atoms with van der Waals surface area (Å²) in [5.41, 5.74) is 1.14. The second kappa shape index (κ2) is 4.97. The Morgan fingerprint density at radius 2 is 2.19 bits per heavy atom. The lowest BCUT2D eigenvalue weighted by molar-refractivity contribution is 0.173. The van der Waals surface area contributed by atoms with Crippen molar-refractivity contribution in [3.05, 3.63) is 54.8 Å². The van der Waals surface area contributed by atoms with Gasteiger partial charge in [0.25, 0.3) is 0 Å². The second-order valence-electron chi connectivity index (χ2n) is 4.86. The minimum Gasteiger partial charge on any atom is -0.454 e. The smallest absolute Gasteiger partial charge is 0.231 e. The molecule has 0 bridgehead atoms. The molecule has 1 aromatic heterocycles. The zero-order valence-electron chi connectivity index (χ0n) is 11.3. The summed E-state index contributed by atoms with van der Waals surface area (Å²) in [4.78, 5) is 10.7. The number of benzene rings is 1. The van der Waals surface area contributed by atoms with Crippen LogP contribution in [0.15, 0.2) is 54.2 Å². The molecule has 1 atom stereocenters. The summed E-state index contributed by atoms with van der Waals surface area (Å²) in [7, 11) is 0. The van der Waals surface area contributed by atoms with Gasteiger partial charge < -0.3 is 14.4 Å². The lowest BCUT2D eigenvalue weighted by atomic mass is 10.2. The van der Waals surface area contributed by atoms with Crippen molar-refractivity contribution in [2.75, 3.05) is 6.79 Å². The van der Waals surface area contributed by atoms with Crippen LogP contribution in [0.5, 0.6) is 11.5 Å². The van der Waals surface area contributed by atoms with Gasteiger partial charge in [-0.2, -0.15) is 0 Å². The summed E-state index contributed by atoms with van der Waals surface area (Å²) in [6, 6.07) is 6.00. The Hall–Kier alpha value is -2.76. The van der Waals surface area contributed by atoms with Gasteiger partial charge in [-0.1, -0.05) is 6.07 Å². The zero-order valence-corrected chi connectivity index (χ0v) is 11.3. The van der Waals surface area contributed by atoms with Crippen molar-refractivity contribution in [1.29, 1.82) is 0 Å². The van der Waals surface area contributed by atoms with Gasteiger partial charge in [-0.25, -0.2) is 9.98 Å². The van der Waals surface area contributed by atoms with E-state index in [0.29, 0.717) is 6.79 Å². The van der Waals surface area contributed by atoms with Crippen LogP contribution in [0.3, 0.4) is 0 Å². The van der Waals surface area contributed by atoms with Crippen LogP contribution < -0.4 is 9.47 Å². The molecule has 0 radical (unpaired) electrons. The van der Waals surface area contributed by atoms with Gasteiger partial charge in [-0.15, -0.1) is 0 Å². The molecule has 2 aliphatic rings. The van der Waals surface area contributed by atoms with E-state index in [-0.39, 0.29) is 6.29 Å². The fourth-order valence-corrected chi connectivity index (χ4v) is 2.48. The van der Waals surface area contributed by atoms with Crippen LogP contribution in [0.25, 0.3) is 0 Å². The van der Waals surface area contributed by atoms with Crippen LogP contribution in [0, 0.1) is 0 Å². The van der Waals surface area contributed by atoms with Gasteiger partial charge in [0.1, 0.15) is 0 Å². The van der Waals surface area contributed by atoms with Gasteiger partial charge >= 0.3 is 0 Å². The third kappa shape index (κ3) is 2.24. The van der Waals surface area contributed by atoms with Gasteiger partial charge in [0, 0.05) is 31.4 Å². The summed E-state index contributed by atoms with van der Waals surface area (Å²) in [5, 5.41) is 0. The minimum atomic E-state index is -0.108. The number of rotatable bonds is 3. The first-order valence-electron chi connectivity index (χ1n) is 6.72. The Labute approximate surface area is 121 Å². The maximum atomic E-state index is 5.42. The zero-order chi connectivity index (χ0) is 14.1. The Balaban J connectivity index is 1.58. The highest BCUT2D eigenvalue weighted by Crippen LogP contribution is 2.33. The van der Waals surface area contributed by atoms with E-state index < -0.39 is 0 Å². The second-order valence-corrected chi connectivity index (χ2v) is 4.86. The summed E-state index contributed by atoms with van der Waals surface area (Å²) >= 11 is 0. The molecule has 3 heterocycles. The van der Waals surface area contributed by atoms with E-state index in [2.05, 4.69) is 14.9 Å². The van der Waals surface area contributed by atoms with E-state index in [0.717, 1.165) is 23.6 Å². The third-order valence-electron chi connectivity index (χ3n) is 3.47. The number of nitrogens with zero attached hydrogens (tertiary/aromatic N) is 4. The van der Waals surface area contributed by atoms with Gasteiger partial charge in [-0.3, -0.25) is 4.57 Å². The Kier molecular flexibility index (Phi) is 2.85. The van der Waals surface area contributed by atoms with Gasteiger partial charge in [0.05, 0.1) is 6.33 Å². The van der Waals surface area contributed by atoms with Crippen LogP contribution in [0.1, 0.15) is 11.9 Å². The molecule has 6 heteroatoms. The van der Waals surface area contributed by atoms with Crippen LogP contribution in [-0.2, 0) is 6.54 Å². The van der Waals surface area contributed by atoms with Crippen LogP contribution in [-0.4, -0.2) is 27.5 Å². The fraction of sp³-hybridized carbons (Fsp3) is 0.200. The van der Waals surface area contributed by atoms with Crippen LogP contribution in [0.2, 0.25) is 0 Å². The van der Waals surface area contributed by atoms with Gasteiger partial charge in [0.2, 0.25) is 13.1 Å². The highest BCUT2D eigenvalue weighted by molar-refractivity contribution is 5.71. The van der Waals surface area contributed by atoms with Crippen molar-refractivity contribution in [3.8, 4) is 11.5 Å².